The summed E-state index contributed by atoms with van der Waals surface area (Å²) >= 11 is 0. The fourth-order valence-electron chi connectivity index (χ4n) is 3.28. The highest BCUT2D eigenvalue weighted by atomic mass is 16.6. The molecular formula is C17H32N2O2. The highest BCUT2D eigenvalue weighted by molar-refractivity contribution is 5.67. The molecule has 1 atom stereocenters. The van der Waals surface area contributed by atoms with Crippen molar-refractivity contribution in [2.24, 2.45) is 5.92 Å². The molecule has 2 saturated carbocycles. The van der Waals surface area contributed by atoms with Gasteiger partial charge in [0.05, 0.1) is 0 Å². The molecule has 2 aliphatic carbocycles. The Kier molecular flexibility index (Phi) is 5.91. The molecule has 2 aliphatic rings. The van der Waals surface area contributed by atoms with Crippen LogP contribution in [0, 0.1) is 5.92 Å². The van der Waals surface area contributed by atoms with Crippen molar-refractivity contribution >= 4 is 6.09 Å². The second-order valence-corrected chi connectivity index (χ2v) is 7.68. The van der Waals surface area contributed by atoms with E-state index in [4.69, 9.17) is 4.74 Å². The Morgan fingerprint density at radius 1 is 1.10 bits per heavy atom. The average Bonchev–Trinajstić information content (AvgIpc) is 2.35. The van der Waals surface area contributed by atoms with E-state index in [1.54, 1.807) is 0 Å². The first-order valence-electron chi connectivity index (χ1n) is 8.67. The van der Waals surface area contributed by atoms with E-state index in [0.29, 0.717) is 24.5 Å². The molecule has 0 spiro atoms. The molecule has 0 radical (unpaired) electrons. The summed E-state index contributed by atoms with van der Waals surface area (Å²) in [6.45, 7) is 6.39. The molecular weight excluding hydrogens is 264 g/mol. The van der Waals surface area contributed by atoms with Gasteiger partial charge >= 0.3 is 6.09 Å². The molecule has 0 aliphatic heterocycles. The van der Waals surface area contributed by atoms with Crippen LogP contribution < -0.4 is 10.6 Å². The predicted molar refractivity (Wildman–Crippen MR) is 85.4 cm³/mol. The normalized spacial score (nSPS) is 22.4. The quantitative estimate of drug-likeness (QED) is 0.815. The topological polar surface area (TPSA) is 50.4 Å². The number of rotatable bonds is 5. The second kappa shape index (κ2) is 7.48. The van der Waals surface area contributed by atoms with E-state index < -0.39 is 5.60 Å². The van der Waals surface area contributed by atoms with Crippen molar-refractivity contribution in [2.45, 2.75) is 89.8 Å². The van der Waals surface area contributed by atoms with Crippen molar-refractivity contribution in [1.29, 1.82) is 0 Å². The summed E-state index contributed by atoms with van der Waals surface area (Å²) in [6.07, 6.45) is 10.2. The summed E-state index contributed by atoms with van der Waals surface area (Å²) in [7, 11) is 0. The smallest absolute Gasteiger partial charge is 0.407 e. The highest BCUT2D eigenvalue weighted by Crippen LogP contribution is 2.28. The molecule has 4 heteroatoms. The fourth-order valence-corrected chi connectivity index (χ4v) is 3.28. The molecule has 21 heavy (non-hydrogen) atoms. The molecule has 0 aromatic rings. The summed E-state index contributed by atoms with van der Waals surface area (Å²) in [5, 5.41) is 6.74. The number of hydrogen-bond donors (Lipinski definition) is 2. The zero-order valence-corrected chi connectivity index (χ0v) is 13.9. The Hall–Kier alpha value is -0.770. The molecule has 2 fully saturated rings. The van der Waals surface area contributed by atoms with Crippen LogP contribution in [-0.2, 0) is 4.74 Å². The molecule has 0 saturated heterocycles. The first-order chi connectivity index (χ1) is 9.94. The molecule has 4 nitrogen and oxygen atoms in total. The third-order valence-corrected chi connectivity index (χ3v) is 4.64. The number of carbonyl (C=O) groups is 1. The van der Waals surface area contributed by atoms with E-state index in [1.807, 2.05) is 20.8 Å². The Balaban J connectivity index is 1.81. The van der Waals surface area contributed by atoms with Crippen LogP contribution in [0.5, 0.6) is 0 Å². The van der Waals surface area contributed by atoms with Crippen molar-refractivity contribution in [1.82, 2.24) is 10.6 Å². The van der Waals surface area contributed by atoms with Crippen LogP contribution in [0.3, 0.4) is 0 Å². The third kappa shape index (κ3) is 5.85. The maximum Gasteiger partial charge on any atom is 0.407 e. The van der Waals surface area contributed by atoms with Crippen molar-refractivity contribution in [2.75, 3.05) is 6.54 Å². The van der Waals surface area contributed by atoms with E-state index in [2.05, 4.69) is 10.6 Å². The number of ether oxygens (including phenoxy) is 1. The lowest BCUT2D eigenvalue weighted by molar-refractivity contribution is 0.0512. The van der Waals surface area contributed by atoms with E-state index in [-0.39, 0.29) is 6.09 Å². The standard InChI is InChI=1S/C17H32N2O2/c1-17(2,3)21-16(20)18-12-15(19-14-10-7-11-14)13-8-5-4-6-9-13/h13-15,19H,4-12H2,1-3H3,(H,18,20). The van der Waals surface area contributed by atoms with E-state index >= 15 is 0 Å². The van der Waals surface area contributed by atoms with Crippen molar-refractivity contribution in [3.63, 3.8) is 0 Å². The minimum absolute atomic E-state index is 0.293. The van der Waals surface area contributed by atoms with Crippen LogP contribution in [0.1, 0.15) is 72.1 Å². The van der Waals surface area contributed by atoms with Gasteiger partial charge in [-0.1, -0.05) is 25.7 Å². The lowest BCUT2D eigenvalue weighted by Gasteiger charge is -2.37. The predicted octanol–water partition coefficient (Wildman–Crippen LogP) is 3.60. The number of alkyl carbamates (subject to hydrolysis) is 1. The first-order valence-corrected chi connectivity index (χ1v) is 8.67. The third-order valence-electron chi connectivity index (χ3n) is 4.64. The van der Waals surface area contributed by atoms with E-state index in [0.717, 1.165) is 0 Å². The molecule has 2 N–H and O–H groups in total. The van der Waals surface area contributed by atoms with Gasteiger partial charge in [-0.25, -0.2) is 4.79 Å². The molecule has 0 aromatic carbocycles. The van der Waals surface area contributed by atoms with Crippen molar-refractivity contribution in [3.8, 4) is 0 Å². The summed E-state index contributed by atoms with van der Waals surface area (Å²) in [5.41, 5.74) is -0.425. The van der Waals surface area contributed by atoms with Crippen LogP contribution in [-0.4, -0.2) is 30.3 Å². The summed E-state index contributed by atoms with van der Waals surface area (Å²) in [5.74, 6) is 0.703. The Morgan fingerprint density at radius 2 is 1.76 bits per heavy atom. The average molecular weight is 296 g/mol. The fraction of sp³-hybridized carbons (Fsp3) is 0.941. The van der Waals surface area contributed by atoms with Gasteiger partial charge in [-0.05, 0) is 52.4 Å². The van der Waals surface area contributed by atoms with Gasteiger partial charge in [-0.2, -0.15) is 0 Å². The molecule has 1 unspecified atom stereocenters. The summed E-state index contributed by atoms with van der Waals surface area (Å²) < 4.78 is 5.34. The highest BCUT2D eigenvalue weighted by Gasteiger charge is 2.28. The second-order valence-electron chi connectivity index (χ2n) is 7.68. The lowest BCUT2D eigenvalue weighted by atomic mass is 9.82. The minimum Gasteiger partial charge on any atom is -0.444 e. The molecule has 122 valence electrons. The van der Waals surface area contributed by atoms with Crippen molar-refractivity contribution < 1.29 is 9.53 Å². The summed E-state index contributed by atoms with van der Waals surface area (Å²) in [6, 6.07) is 1.07. The minimum atomic E-state index is -0.425. The van der Waals surface area contributed by atoms with Gasteiger partial charge in [0.2, 0.25) is 0 Å². The van der Waals surface area contributed by atoms with Gasteiger partial charge in [-0.3, -0.25) is 0 Å². The van der Waals surface area contributed by atoms with Crippen LogP contribution in [0.2, 0.25) is 0 Å². The SMILES string of the molecule is CC(C)(C)OC(=O)NCC(NC1CCC1)C1CCCCC1. The number of nitrogens with one attached hydrogen (secondary N) is 2. The van der Waals surface area contributed by atoms with Gasteiger partial charge in [0, 0.05) is 18.6 Å². The van der Waals surface area contributed by atoms with Gasteiger partial charge < -0.3 is 15.4 Å². The van der Waals surface area contributed by atoms with Gasteiger partial charge in [0.1, 0.15) is 5.60 Å². The zero-order chi connectivity index (χ0) is 15.3. The number of carbonyl (C=O) groups excluding carboxylic acids is 1. The molecule has 1 amide bonds. The largest absolute Gasteiger partial charge is 0.444 e. The van der Waals surface area contributed by atoms with Gasteiger partial charge in [-0.15, -0.1) is 0 Å². The molecule has 0 bridgehead atoms. The van der Waals surface area contributed by atoms with Crippen LogP contribution >= 0.6 is 0 Å². The maximum absolute atomic E-state index is 11.9. The Morgan fingerprint density at radius 3 is 2.29 bits per heavy atom. The van der Waals surface area contributed by atoms with Gasteiger partial charge in [0.15, 0.2) is 0 Å². The number of hydrogen-bond acceptors (Lipinski definition) is 3. The maximum atomic E-state index is 11.9. The molecule has 0 aromatic heterocycles. The van der Waals surface area contributed by atoms with Crippen molar-refractivity contribution in [3.05, 3.63) is 0 Å². The van der Waals surface area contributed by atoms with Crippen LogP contribution in [0.15, 0.2) is 0 Å². The van der Waals surface area contributed by atoms with Gasteiger partial charge in [0.25, 0.3) is 0 Å². The lowest BCUT2D eigenvalue weighted by Crippen LogP contribution is -2.52. The summed E-state index contributed by atoms with van der Waals surface area (Å²) in [4.78, 5) is 11.9. The zero-order valence-electron chi connectivity index (χ0n) is 13.9. The first kappa shape index (κ1) is 16.6. The molecule has 0 heterocycles. The number of amides is 1. The van der Waals surface area contributed by atoms with Crippen LogP contribution in [0.4, 0.5) is 4.79 Å². The van der Waals surface area contributed by atoms with E-state index in [9.17, 15) is 4.79 Å². The molecule has 2 rings (SSSR count). The Bertz CT molecular complexity index is 328. The van der Waals surface area contributed by atoms with E-state index in [1.165, 1.54) is 51.4 Å². The monoisotopic (exact) mass is 296 g/mol. The Labute approximate surface area is 129 Å². The van der Waals surface area contributed by atoms with Crippen LogP contribution in [0.25, 0.3) is 0 Å².